The summed E-state index contributed by atoms with van der Waals surface area (Å²) in [5.41, 5.74) is 3.47. The van der Waals surface area contributed by atoms with Gasteiger partial charge in [0, 0.05) is 43.0 Å². The molecule has 27 heavy (non-hydrogen) atoms. The van der Waals surface area contributed by atoms with Crippen LogP contribution in [0.25, 0.3) is 0 Å². The smallest absolute Gasteiger partial charge is 0.256 e. The highest BCUT2D eigenvalue weighted by Gasteiger charge is 2.30. The second-order valence-electron chi connectivity index (χ2n) is 7.31. The molecule has 0 unspecified atom stereocenters. The fraction of sp³-hybridized carbons (Fsp3) is 0.476. The van der Waals surface area contributed by atoms with E-state index in [2.05, 4.69) is 15.3 Å². The van der Waals surface area contributed by atoms with E-state index in [9.17, 15) is 4.79 Å². The van der Waals surface area contributed by atoms with E-state index in [1.807, 2.05) is 29.2 Å². The van der Waals surface area contributed by atoms with Crippen LogP contribution in [-0.2, 0) is 19.5 Å². The van der Waals surface area contributed by atoms with Crippen LogP contribution in [0, 0.1) is 0 Å². The molecule has 1 amide bonds. The van der Waals surface area contributed by atoms with E-state index >= 15 is 0 Å². The van der Waals surface area contributed by atoms with Crippen LogP contribution in [0.2, 0.25) is 0 Å². The molecule has 6 heteroatoms. The number of hydrogen-bond acceptors (Lipinski definition) is 5. The third-order valence-electron chi connectivity index (χ3n) is 5.49. The first-order valence-corrected chi connectivity index (χ1v) is 9.74. The zero-order valence-electron chi connectivity index (χ0n) is 15.8. The number of methoxy groups -OCH3 is 1. The Morgan fingerprint density at radius 3 is 2.89 bits per heavy atom. The van der Waals surface area contributed by atoms with E-state index in [0.29, 0.717) is 37.1 Å². The third-order valence-corrected chi connectivity index (χ3v) is 5.49. The van der Waals surface area contributed by atoms with Crippen LogP contribution in [0.5, 0.6) is 5.88 Å². The number of ether oxygens (including phenoxy) is 1. The number of fused-ring (bicyclic) bond motifs is 1. The Hall–Kier alpha value is -2.47. The predicted molar refractivity (Wildman–Crippen MR) is 103 cm³/mol. The first-order valence-electron chi connectivity index (χ1n) is 9.74. The van der Waals surface area contributed by atoms with Gasteiger partial charge in [0.25, 0.3) is 5.91 Å². The summed E-state index contributed by atoms with van der Waals surface area (Å²) in [6.07, 6.45) is 7.56. The summed E-state index contributed by atoms with van der Waals surface area (Å²) in [5.74, 6) is 0.678. The summed E-state index contributed by atoms with van der Waals surface area (Å²) < 4.78 is 5.49. The zero-order valence-corrected chi connectivity index (χ0v) is 15.8. The van der Waals surface area contributed by atoms with Crippen molar-refractivity contribution in [3.63, 3.8) is 0 Å². The van der Waals surface area contributed by atoms with Crippen molar-refractivity contribution in [1.29, 1.82) is 0 Å². The highest BCUT2D eigenvalue weighted by molar-refractivity contribution is 5.98. The molecular weight excluding hydrogens is 340 g/mol. The van der Waals surface area contributed by atoms with Gasteiger partial charge in [-0.3, -0.25) is 9.78 Å². The van der Waals surface area contributed by atoms with Crippen LogP contribution < -0.4 is 10.1 Å². The third kappa shape index (κ3) is 3.95. The molecular formula is C21H26N4O2. The Balaban J connectivity index is 1.45. The van der Waals surface area contributed by atoms with Crippen molar-refractivity contribution in [3.05, 3.63) is 53.0 Å². The molecule has 1 fully saturated rings. The molecule has 0 saturated heterocycles. The maximum absolute atomic E-state index is 12.8. The van der Waals surface area contributed by atoms with Crippen molar-refractivity contribution >= 4 is 5.91 Å². The molecule has 1 saturated carbocycles. The molecule has 0 aromatic carbocycles. The van der Waals surface area contributed by atoms with Crippen LogP contribution in [0.3, 0.4) is 0 Å². The van der Waals surface area contributed by atoms with E-state index in [1.54, 1.807) is 13.3 Å². The van der Waals surface area contributed by atoms with Gasteiger partial charge < -0.3 is 15.0 Å². The van der Waals surface area contributed by atoms with Gasteiger partial charge in [0.2, 0.25) is 5.88 Å². The molecule has 6 nitrogen and oxygen atoms in total. The second-order valence-corrected chi connectivity index (χ2v) is 7.31. The number of carbonyl (C=O) groups is 1. The van der Waals surface area contributed by atoms with E-state index < -0.39 is 0 Å². The summed E-state index contributed by atoms with van der Waals surface area (Å²) >= 11 is 0. The summed E-state index contributed by atoms with van der Waals surface area (Å²) in [5, 5.41) is 3.58. The van der Waals surface area contributed by atoms with E-state index in [0.717, 1.165) is 23.4 Å². The lowest BCUT2D eigenvalue weighted by molar-refractivity contribution is 0.0779. The number of nitrogens with one attached hydrogen (secondary N) is 1. The molecule has 2 aromatic heterocycles. The second kappa shape index (κ2) is 8.05. The van der Waals surface area contributed by atoms with Crippen LogP contribution in [0.15, 0.2) is 30.5 Å². The summed E-state index contributed by atoms with van der Waals surface area (Å²) in [6.45, 7) is 1.87. The lowest BCUT2D eigenvalue weighted by atomic mass is 10.1. The Bertz CT molecular complexity index is 803. The standard InChI is InChI=1S/C21H26N4O2/c1-27-20-15(13-23-16-6-2-3-7-16)12-18-19(24-20)14-25(21(18)26)11-9-17-8-4-5-10-22-17/h4-5,8,10,12,16,23H,2-3,6-7,9,11,13-14H2,1H3. The fourth-order valence-electron chi connectivity index (χ4n) is 3.97. The molecule has 1 aliphatic heterocycles. The highest BCUT2D eigenvalue weighted by atomic mass is 16.5. The Labute approximate surface area is 160 Å². The molecule has 0 spiro atoms. The average Bonchev–Trinajstić information content (AvgIpc) is 3.33. The first kappa shape index (κ1) is 17.9. The van der Waals surface area contributed by atoms with Crippen molar-refractivity contribution in [2.75, 3.05) is 13.7 Å². The van der Waals surface area contributed by atoms with Crippen molar-refractivity contribution in [2.45, 2.75) is 51.2 Å². The maximum atomic E-state index is 12.8. The van der Waals surface area contributed by atoms with Crippen molar-refractivity contribution in [3.8, 4) is 5.88 Å². The number of amides is 1. The molecule has 2 aromatic rings. The summed E-state index contributed by atoms with van der Waals surface area (Å²) in [7, 11) is 1.64. The number of pyridine rings is 2. The molecule has 0 radical (unpaired) electrons. The zero-order chi connectivity index (χ0) is 18.6. The predicted octanol–water partition coefficient (Wildman–Crippen LogP) is 2.72. The normalized spacial score (nSPS) is 16.8. The molecule has 1 aliphatic carbocycles. The number of aromatic nitrogens is 2. The number of nitrogens with zero attached hydrogens (tertiary/aromatic N) is 3. The van der Waals surface area contributed by atoms with Crippen LogP contribution >= 0.6 is 0 Å². The van der Waals surface area contributed by atoms with Gasteiger partial charge in [-0.25, -0.2) is 4.98 Å². The highest BCUT2D eigenvalue weighted by Crippen LogP contribution is 2.28. The van der Waals surface area contributed by atoms with E-state index in [1.165, 1.54) is 25.7 Å². The molecule has 142 valence electrons. The Morgan fingerprint density at radius 1 is 1.30 bits per heavy atom. The van der Waals surface area contributed by atoms with Gasteiger partial charge in [-0.05, 0) is 31.0 Å². The first-order chi connectivity index (χ1) is 13.2. The largest absolute Gasteiger partial charge is 0.481 e. The van der Waals surface area contributed by atoms with Crippen LogP contribution in [0.4, 0.5) is 0 Å². The maximum Gasteiger partial charge on any atom is 0.256 e. The van der Waals surface area contributed by atoms with Crippen molar-refractivity contribution in [2.24, 2.45) is 0 Å². The quantitative estimate of drug-likeness (QED) is 0.816. The summed E-state index contributed by atoms with van der Waals surface area (Å²) in [4.78, 5) is 23.6. The molecule has 3 heterocycles. The minimum atomic E-state index is 0.0539. The molecule has 2 aliphatic rings. The lowest BCUT2D eigenvalue weighted by Gasteiger charge is -2.14. The van der Waals surface area contributed by atoms with Gasteiger partial charge in [-0.2, -0.15) is 0 Å². The van der Waals surface area contributed by atoms with Gasteiger partial charge in [-0.1, -0.05) is 18.9 Å². The SMILES string of the molecule is COc1nc2c(cc1CNC1CCCC1)C(=O)N(CCc1ccccn1)C2. The molecule has 1 N–H and O–H groups in total. The van der Waals surface area contributed by atoms with Gasteiger partial charge in [0.05, 0.1) is 24.9 Å². The van der Waals surface area contributed by atoms with E-state index in [-0.39, 0.29) is 5.91 Å². The van der Waals surface area contributed by atoms with Crippen LogP contribution in [0.1, 0.15) is 53.0 Å². The Morgan fingerprint density at radius 2 is 2.15 bits per heavy atom. The van der Waals surface area contributed by atoms with Crippen LogP contribution in [-0.4, -0.2) is 40.5 Å². The number of rotatable bonds is 7. The topological polar surface area (TPSA) is 67.3 Å². The van der Waals surface area contributed by atoms with Gasteiger partial charge >= 0.3 is 0 Å². The Kier molecular flexibility index (Phi) is 5.34. The monoisotopic (exact) mass is 366 g/mol. The van der Waals surface area contributed by atoms with Gasteiger partial charge in [-0.15, -0.1) is 0 Å². The van der Waals surface area contributed by atoms with E-state index in [4.69, 9.17) is 4.74 Å². The minimum absolute atomic E-state index is 0.0539. The number of carbonyl (C=O) groups excluding carboxylic acids is 1. The molecule has 0 bridgehead atoms. The minimum Gasteiger partial charge on any atom is -0.481 e. The number of hydrogen-bond donors (Lipinski definition) is 1. The van der Waals surface area contributed by atoms with Crippen molar-refractivity contribution in [1.82, 2.24) is 20.2 Å². The molecule has 0 atom stereocenters. The van der Waals surface area contributed by atoms with Gasteiger partial charge in [0.15, 0.2) is 0 Å². The average molecular weight is 366 g/mol. The van der Waals surface area contributed by atoms with Crippen molar-refractivity contribution < 1.29 is 9.53 Å². The summed E-state index contributed by atoms with van der Waals surface area (Å²) in [6, 6.07) is 8.39. The fourth-order valence-corrected chi connectivity index (χ4v) is 3.97. The molecule has 4 rings (SSSR count). The van der Waals surface area contributed by atoms with Gasteiger partial charge in [0.1, 0.15) is 0 Å². The lowest BCUT2D eigenvalue weighted by Crippen LogP contribution is -2.27.